The molecule has 0 unspecified atom stereocenters. The molecule has 1 aromatic heterocycles. The number of aliphatic hydroxyl groups excluding tert-OH is 1. The molecule has 2 N–H and O–H groups in total. The Morgan fingerprint density at radius 1 is 1.23 bits per heavy atom. The molecule has 114 valence electrons. The van der Waals surface area contributed by atoms with Crippen molar-refractivity contribution in [3.63, 3.8) is 0 Å². The maximum Gasteiger partial charge on any atom is 0.251 e. The fraction of sp³-hybridized carbons (Fsp3) is 0.375. The van der Waals surface area contributed by atoms with E-state index in [2.05, 4.69) is 10.3 Å². The van der Waals surface area contributed by atoms with E-state index in [1.165, 1.54) is 0 Å². The van der Waals surface area contributed by atoms with E-state index >= 15 is 0 Å². The molecule has 0 saturated carbocycles. The SMILES string of the molecule is O=C(N[C@H]1CO[C@H]2[C@@H]1OC[C@@H]2O)c1ccc2ncccc2c1. The number of nitrogens with one attached hydrogen (secondary N) is 1. The summed E-state index contributed by atoms with van der Waals surface area (Å²) in [6.45, 7) is 0.608. The number of aromatic nitrogens is 1. The molecule has 1 amide bonds. The first-order chi connectivity index (χ1) is 10.7. The van der Waals surface area contributed by atoms with Crippen LogP contribution in [0.15, 0.2) is 36.5 Å². The molecule has 0 aliphatic carbocycles. The van der Waals surface area contributed by atoms with Gasteiger partial charge in [-0.15, -0.1) is 0 Å². The summed E-state index contributed by atoms with van der Waals surface area (Å²) < 4.78 is 11.0. The number of carbonyl (C=O) groups excluding carboxylic acids is 1. The van der Waals surface area contributed by atoms with Crippen molar-refractivity contribution < 1.29 is 19.4 Å². The van der Waals surface area contributed by atoms with Crippen molar-refractivity contribution in [2.45, 2.75) is 24.4 Å². The average Bonchev–Trinajstić information content (AvgIpc) is 3.11. The maximum atomic E-state index is 12.4. The Balaban J connectivity index is 1.51. The van der Waals surface area contributed by atoms with Gasteiger partial charge in [0.15, 0.2) is 0 Å². The number of pyridine rings is 1. The topological polar surface area (TPSA) is 80.7 Å². The molecule has 0 bridgehead atoms. The zero-order valence-corrected chi connectivity index (χ0v) is 11.8. The van der Waals surface area contributed by atoms with Gasteiger partial charge in [-0.25, -0.2) is 0 Å². The molecule has 2 aliphatic heterocycles. The number of benzene rings is 1. The average molecular weight is 300 g/mol. The number of aliphatic hydroxyl groups is 1. The maximum absolute atomic E-state index is 12.4. The summed E-state index contributed by atoms with van der Waals surface area (Å²) in [5.41, 5.74) is 1.42. The van der Waals surface area contributed by atoms with Crippen molar-refractivity contribution in [1.29, 1.82) is 0 Å². The van der Waals surface area contributed by atoms with Crippen LogP contribution >= 0.6 is 0 Å². The van der Waals surface area contributed by atoms with Crippen LogP contribution in [0.25, 0.3) is 10.9 Å². The minimum atomic E-state index is -0.612. The normalized spacial score (nSPS) is 30.4. The number of hydrogen-bond acceptors (Lipinski definition) is 5. The second-order valence-corrected chi connectivity index (χ2v) is 5.65. The van der Waals surface area contributed by atoms with Crippen molar-refractivity contribution in [2.24, 2.45) is 0 Å². The van der Waals surface area contributed by atoms with Crippen LogP contribution in [-0.4, -0.2) is 53.6 Å². The predicted molar refractivity (Wildman–Crippen MR) is 78.5 cm³/mol. The van der Waals surface area contributed by atoms with Gasteiger partial charge in [0.25, 0.3) is 5.91 Å². The molecule has 2 saturated heterocycles. The number of ether oxygens (including phenoxy) is 2. The van der Waals surface area contributed by atoms with Crippen LogP contribution in [0, 0.1) is 0 Å². The van der Waals surface area contributed by atoms with Gasteiger partial charge in [0, 0.05) is 17.1 Å². The highest BCUT2D eigenvalue weighted by Gasteiger charge is 2.47. The summed E-state index contributed by atoms with van der Waals surface area (Å²) in [4.78, 5) is 16.6. The minimum absolute atomic E-state index is 0.176. The number of rotatable bonds is 2. The first-order valence-corrected chi connectivity index (χ1v) is 7.29. The van der Waals surface area contributed by atoms with E-state index < -0.39 is 6.10 Å². The second kappa shape index (κ2) is 5.31. The first-order valence-electron chi connectivity index (χ1n) is 7.29. The number of nitrogens with zero attached hydrogens (tertiary/aromatic N) is 1. The van der Waals surface area contributed by atoms with Crippen LogP contribution in [0.2, 0.25) is 0 Å². The zero-order valence-electron chi connectivity index (χ0n) is 11.8. The smallest absolute Gasteiger partial charge is 0.251 e. The van der Waals surface area contributed by atoms with Crippen LogP contribution < -0.4 is 5.32 Å². The van der Waals surface area contributed by atoms with Gasteiger partial charge in [0.05, 0.1) is 24.8 Å². The lowest BCUT2D eigenvalue weighted by molar-refractivity contribution is 0.0178. The Bertz CT molecular complexity index is 720. The van der Waals surface area contributed by atoms with Crippen molar-refractivity contribution in [1.82, 2.24) is 10.3 Å². The van der Waals surface area contributed by atoms with Gasteiger partial charge in [-0.3, -0.25) is 9.78 Å². The number of fused-ring (bicyclic) bond motifs is 2. The second-order valence-electron chi connectivity index (χ2n) is 5.65. The fourth-order valence-electron chi connectivity index (χ4n) is 3.07. The molecule has 22 heavy (non-hydrogen) atoms. The van der Waals surface area contributed by atoms with Gasteiger partial charge in [0.1, 0.15) is 18.3 Å². The molecular weight excluding hydrogens is 284 g/mol. The quantitative estimate of drug-likeness (QED) is 0.844. The minimum Gasteiger partial charge on any atom is -0.388 e. The Morgan fingerprint density at radius 2 is 2.09 bits per heavy atom. The number of carbonyl (C=O) groups is 1. The summed E-state index contributed by atoms with van der Waals surface area (Å²) in [7, 11) is 0. The van der Waals surface area contributed by atoms with Crippen molar-refractivity contribution in [3.8, 4) is 0 Å². The molecule has 0 spiro atoms. The molecular formula is C16H16N2O4. The van der Waals surface area contributed by atoms with Crippen molar-refractivity contribution in [2.75, 3.05) is 13.2 Å². The third kappa shape index (κ3) is 2.25. The Labute approximate surface area is 127 Å². The van der Waals surface area contributed by atoms with Crippen LogP contribution in [0.3, 0.4) is 0 Å². The van der Waals surface area contributed by atoms with Gasteiger partial charge in [-0.1, -0.05) is 6.07 Å². The number of amides is 1. The summed E-state index contributed by atoms with van der Waals surface area (Å²) in [5, 5.41) is 13.6. The molecule has 0 radical (unpaired) electrons. The van der Waals surface area contributed by atoms with Gasteiger partial charge < -0.3 is 19.9 Å². The monoisotopic (exact) mass is 300 g/mol. The van der Waals surface area contributed by atoms with Crippen LogP contribution in [0.1, 0.15) is 10.4 Å². The van der Waals surface area contributed by atoms with Crippen LogP contribution in [0.5, 0.6) is 0 Å². The third-order valence-electron chi connectivity index (χ3n) is 4.21. The largest absolute Gasteiger partial charge is 0.388 e. The molecule has 2 aliphatic rings. The van der Waals surface area contributed by atoms with Crippen molar-refractivity contribution in [3.05, 3.63) is 42.1 Å². The fourth-order valence-corrected chi connectivity index (χ4v) is 3.07. The van der Waals surface area contributed by atoms with Gasteiger partial charge >= 0.3 is 0 Å². The predicted octanol–water partition coefficient (Wildman–Crippen LogP) is 0.492. The highest BCUT2D eigenvalue weighted by Crippen LogP contribution is 2.27. The number of hydrogen-bond donors (Lipinski definition) is 2. The molecule has 4 atom stereocenters. The molecule has 3 heterocycles. The molecule has 4 rings (SSSR count). The molecule has 2 fully saturated rings. The zero-order chi connectivity index (χ0) is 15.1. The Hall–Kier alpha value is -2.02. The lowest BCUT2D eigenvalue weighted by Gasteiger charge is -2.17. The van der Waals surface area contributed by atoms with Gasteiger partial charge in [0.2, 0.25) is 0 Å². The first kappa shape index (κ1) is 13.6. The van der Waals surface area contributed by atoms with E-state index in [0.717, 1.165) is 10.9 Å². The Morgan fingerprint density at radius 3 is 3.00 bits per heavy atom. The van der Waals surface area contributed by atoms with E-state index in [0.29, 0.717) is 12.2 Å². The van der Waals surface area contributed by atoms with E-state index in [4.69, 9.17) is 9.47 Å². The highest BCUT2D eigenvalue weighted by atomic mass is 16.6. The van der Waals surface area contributed by atoms with E-state index in [1.54, 1.807) is 12.3 Å². The standard InChI is InChI=1S/C16H16N2O4/c19-13-8-22-14-12(7-21-15(13)14)18-16(20)10-3-4-11-9(6-10)2-1-5-17-11/h1-6,12-15,19H,7-8H2,(H,18,20)/t12-,13-,14+,15+/m0/s1. The summed E-state index contributed by atoms with van der Waals surface area (Å²) >= 11 is 0. The third-order valence-corrected chi connectivity index (χ3v) is 4.21. The van der Waals surface area contributed by atoms with E-state index in [1.807, 2.05) is 24.3 Å². The Kier molecular flexibility index (Phi) is 3.29. The summed E-state index contributed by atoms with van der Waals surface area (Å²) in [6.07, 6.45) is 0.492. The highest BCUT2D eigenvalue weighted by molar-refractivity contribution is 5.98. The van der Waals surface area contributed by atoms with E-state index in [9.17, 15) is 9.90 Å². The molecule has 2 aromatic rings. The van der Waals surface area contributed by atoms with Crippen molar-refractivity contribution >= 4 is 16.8 Å². The summed E-state index contributed by atoms with van der Waals surface area (Å²) in [5.74, 6) is -0.176. The molecule has 6 heteroatoms. The van der Waals surface area contributed by atoms with Gasteiger partial charge in [-0.05, 0) is 24.3 Å². The molecule has 6 nitrogen and oxygen atoms in total. The lowest BCUT2D eigenvalue weighted by Crippen LogP contribution is -2.44. The van der Waals surface area contributed by atoms with Gasteiger partial charge in [-0.2, -0.15) is 0 Å². The van der Waals surface area contributed by atoms with E-state index in [-0.39, 0.29) is 30.8 Å². The summed E-state index contributed by atoms with van der Waals surface area (Å²) in [6, 6.07) is 8.92. The van der Waals surface area contributed by atoms with Crippen LogP contribution in [-0.2, 0) is 9.47 Å². The molecule has 1 aromatic carbocycles. The van der Waals surface area contributed by atoms with Crippen LogP contribution in [0.4, 0.5) is 0 Å². The lowest BCUT2D eigenvalue weighted by atomic mass is 10.1.